The molecule has 1 heterocycles. The first-order valence-corrected chi connectivity index (χ1v) is 6.74. The van der Waals surface area contributed by atoms with Crippen LogP contribution >= 0.6 is 34.8 Å². The number of nitrogens with zero attached hydrogens (tertiary/aromatic N) is 2. The summed E-state index contributed by atoms with van der Waals surface area (Å²) in [4.78, 5) is 7.98. The average Bonchev–Trinajstić information content (AvgIpc) is 2.48. The highest BCUT2D eigenvalue weighted by Crippen LogP contribution is 2.46. The number of aromatic hydroxyl groups is 2. The maximum atomic E-state index is 9.91. The maximum Gasteiger partial charge on any atom is 0.222 e. The van der Waals surface area contributed by atoms with Crippen molar-refractivity contribution in [2.45, 2.75) is 6.42 Å². The zero-order chi connectivity index (χ0) is 14.7. The Kier molecular flexibility index (Phi) is 4.75. The lowest BCUT2D eigenvalue weighted by Crippen LogP contribution is -2.08. The molecule has 8 heteroatoms. The predicted octanol–water partition coefficient (Wildman–Crippen LogP) is 3.50. The van der Waals surface area contributed by atoms with Crippen molar-refractivity contribution in [1.82, 2.24) is 9.97 Å². The molecule has 0 atom stereocenters. The summed E-state index contributed by atoms with van der Waals surface area (Å²) in [5, 5.41) is 22.3. The molecule has 0 bridgehead atoms. The molecule has 0 saturated heterocycles. The maximum absolute atomic E-state index is 9.91. The van der Waals surface area contributed by atoms with Crippen LogP contribution in [0.1, 0.15) is 5.56 Å². The van der Waals surface area contributed by atoms with Gasteiger partial charge in [-0.2, -0.15) is 0 Å². The Morgan fingerprint density at radius 1 is 0.950 bits per heavy atom. The Hall–Kier alpha value is -1.43. The summed E-state index contributed by atoms with van der Waals surface area (Å²) in [6.07, 6.45) is 3.52. The Morgan fingerprint density at radius 2 is 1.55 bits per heavy atom. The third kappa shape index (κ3) is 3.00. The lowest BCUT2D eigenvalue weighted by atomic mass is 10.1. The van der Waals surface area contributed by atoms with Gasteiger partial charge < -0.3 is 15.5 Å². The molecule has 0 spiro atoms. The molecule has 3 N–H and O–H groups in total. The van der Waals surface area contributed by atoms with E-state index in [0.29, 0.717) is 24.5 Å². The van der Waals surface area contributed by atoms with Gasteiger partial charge in [0.25, 0.3) is 0 Å². The van der Waals surface area contributed by atoms with Crippen LogP contribution in [0, 0.1) is 0 Å². The zero-order valence-corrected chi connectivity index (χ0v) is 12.3. The van der Waals surface area contributed by atoms with E-state index in [-0.39, 0.29) is 26.6 Å². The lowest BCUT2D eigenvalue weighted by Gasteiger charge is -2.12. The summed E-state index contributed by atoms with van der Waals surface area (Å²) in [6, 6.07) is 1.70. The lowest BCUT2D eigenvalue weighted by molar-refractivity contribution is 0.455. The molecule has 2 aromatic rings. The number of hydrogen-bond acceptors (Lipinski definition) is 5. The van der Waals surface area contributed by atoms with Crippen LogP contribution in [-0.2, 0) is 6.42 Å². The SMILES string of the molecule is Oc1c(Cl)c(Cl)c(O)c(CCNc2ncccn2)c1Cl. The van der Waals surface area contributed by atoms with Gasteiger partial charge in [-0.05, 0) is 12.5 Å². The predicted molar refractivity (Wildman–Crippen MR) is 79.0 cm³/mol. The summed E-state index contributed by atoms with van der Waals surface area (Å²) in [7, 11) is 0. The van der Waals surface area contributed by atoms with Gasteiger partial charge in [-0.1, -0.05) is 34.8 Å². The number of phenols is 2. The Balaban J connectivity index is 2.14. The molecule has 20 heavy (non-hydrogen) atoms. The second-order valence-corrected chi connectivity index (χ2v) is 5.00. The van der Waals surface area contributed by atoms with Gasteiger partial charge in [0.2, 0.25) is 5.95 Å². The summed E-state index contributed by atoms with van der Waals surface area (Å²) >= 11 is 17.5. The molecular weight excluding hydrogens is 325 g/mol. The number of halogens is 3. The van der Waals surface area contributed by atoms with Gasteiger partial charge in [-0.25, -0.2) is 9.97 Å². The molecule has 106 valence electrons. The van der Waals surface area contributed by atoms with Gasteiger partial charge in [0.1, 0.15) is 15.8 Å². The van der Waals surface area contributed by atoms with E-state index in [0.717, 1.165) is 0 Å². The van der Waals surface area contributed by atoms with Crippen molar-refractivity contribution >= 4 is 40.8 Å². The van der Waals surface area contributed by atoms with Gasteiger partial charge in [0.05, 0.1) is 5.02 Å². The molecule has 1 aromatic carbocycles. The number of anilines is 1. The van der Waals surface area contributed by atoms with E-state index in [1.54, 1.807) is 18.5 Å². The quantitative estimate of drug-likeness (QED) is 0.589. The van der Waals surface area contributed by atoms with Crippen molar-refractivity contribution in [3.05, 3.63) is 39.1 Å². The largest absolute Gasteiger partial charge is 0.506 e. The number of benzene rings is 1. The first-order valence-electron chi connectivity index (χ1n) is 5.60. The Bertz CT molecular complexity index is 594. The molecular formula is C12H10Cl3N3O2. The number of phenolic OH excluding ortho intramolecular Hbond substituents is 2. The standard InChI is InChI=1S/C12H10Cl3N3O2/c13-7-6(10(19)8(14)9(15)11(7)20)2-5-18-12-16-3-1-4-17-12/h1,3-4,19-20H,2,5H2,(H,16,17,18). The number of nitrogens with one attached hydrogen (secondary N) is 1. The van der Waals surface area contributed by atoms with Gasteiger partial charge in [-0.15, -0.1) is 0 Å². The van der Waals surface area contributed by atoms with Crippen LogP contribution in [0.4, 0.5) is 5.95 Å². The van der Waals surface area contributed by atoms with Crippen LogP contribution in [0.5, 0.6) is 11.5 Å². The van der Waals surface area contributed by atoms with Crippen molar-refractivity contribution in [3.8, 4) is 11.5 Å². The average molecular weight is 335 g/mol. The summed E-state index contributed by atoms with van der Waals surface area (Å²) in [5.41, 5.74) is 0.307. The minimum atomic E-state index is -0.345. The molecule has 0 aliphatic rings. The van der Waals surface area contributed by atoms with E-state index < -0.39 is 0 Å². The summed E-state index contributed by atoms with van der Waals surface area (Å²) in [6.45, 7) is 0.398. The molecule has 0 fully saturated rings. The highest BCUT2D eigenvalue weighted by atomic mass is 35.5. The van der Waals surface area contributed by atoms with Gasteiger partial charge >= 0.3 is 0 Å². The normalized spacial score (nSPS) is 10.6. The van der Waals surface area contributed by atoms with E-state index in [2.05, 4.69) is 15.3 Å². The van der Waals surface area contributed by atoms with Crippen molar-refractivity contribution in [1.29, 1.82) is 0 Å². The van der Waals surface area contributed by atoms with Crippen molar-refractivity contribution in [2.75, 3.05) is 11.9 Å². The molecule has 0 radical (unpaired) electrons. The first-order chi connectivity index (χ1) is 9.52. The highest BCUT2D eigenvalue weighted by molar-refractivity contribution is 6.46. The Labute approximate surface area is 130 Å². The van der Waals surface area contributed by atoms with Crippen LogP contribution < -0.4 is 5.32 Å². The van der Waals surface area contributed by atoms with E-state index in [1.165, 1.54) is 0 Å². The van der Waals surface area contributed by atoms with Crippen LogP contribution in [0.2, 0.25) is 15.1 Å². The second kappa shape index (κ2) is 6.35. The van der Waals surface area contributed by atoms with Crippen LogP contribution in [0.15, 0.2) is 18.5 Å². The van der Waals surface area contributed by atoms with E-state index in [9.17, 15) is 10.2 Å². The second-order valence-electron chi connectivity index (χ2n) is 3.87. The minimum Gasteiger partial charge on any atom is -0.506 e. The fourth-order valence-corrected chi connectivity index (χ4v) is 2.32. The summed E-state index contributed by atoms with van der Waals surface area (Å²) in [5.74, 6) is -0.135. The fraction of sp³-hybridized carbons (Fsp3) is 0.167. The molecule has 0 aliphatic carbocycles. The molecule has 0 aliphatic heterocycles. The van der Waals surface area contributed by atoms with Crippen LogP contribution in [0.3, 0.4) is 0 Å². The van der Waals surface area contributed by atoms with Crippen LogP contribution in [0.25, 0.3) is 0 Å². The summed E-state index contributed by atoms with van der Waals surface area (Å²) < 4.78 is 0. The van der Waals surface area contributed by atoms with Crippen molar-refractivity contribution in [3.63, 3.8) is 0 Å². The fourth-order valence-electron chi connectivity index (χ4n) is 1.60. The molecule has 0 unspecified atom stereocenters. The van der Waals surface area contributed by atoms with E-state index >= 15 is 0 Å². The number of hydrogen-bond donors (Lipinski definition) is 3. The highest BCUT2D eigenvalue weighted by Gasteiger charge is 2.20. The number of rotatable bonds is 4. The Morgan fingerprint density at radius 3 is 2.20 bits per heavy atom. The zero-order valence-electron chi connectivity index (χ0n) is 10.1. The van der Waals surface area contributed by atoms with Gasteiger partial charge in [0, 0.05) is 24.5 Å². The smallest absolute Gasteiger partial charge is 0.222 e. The molecule has 5 nitrogen and oxygen atoms in total. The molecule has 0 saturated carbocycles. The third-order valence-electron chi connectivity index (χ3n) is 2.59. The topological polar surface area (TPSA) is 78.3 Å². The molecule has 2 rings (SSSR count). The van der Waals surface area contributed by atoms with Crippen molar-refractivity contribution in [2.24, 2.45) is 0 Å². The van der Waals surface area contributed by atoms with Crippen LogP contribution in [-0.4, -0.2) is 26.7 Å². The van der Waals surface area contributed by atoms with E-state index in [1.807, 2.05) is 0 Å². The monoisotopic (exact) mass is 333 g/mol. The van der Waals surface area contributed by atoms with Gasteiger partial charge in [0.15, 0.2) is 5.75 Å². The van der Waals surface area contributed by atoms with Crippen molar-refractivity contribution < 1.29 is 10.2 Å². The van der Waals surface area contributed by atoms with E-state index in [4.69, 9.17) is 34.8 Å². The minimum absolute atomic E-state index is 0.0207. The van der Waals surface area contributed by atoms with Gasteiger partial charge in [-0.3, -0.25) is 0 Å². The third-order valence-corrected chi connectivity index (χ3v) is 3.83. The molecule has 1 aromatic heterocycles. The number of aromatic nitrogens is 2. The molecule has 0 amide bonds. The first kappa shape index (κ1) is 15.0.